The molecule has 0 saturated carbocycles. The Bertz CT molecular complexity index is 478. The number of nitrogens with two attached hydrogens (primary N) is 1. The van der Waals surface area contributed by atoms with E-state index in [1.54, 1.807) is 18.4 Å². The second kappa shape index (κ2) is 5.33. The van der Waals surface area contributed by atoms with Gasteiger partial charge in [-0.2, -0.15) is 5.10 Å². The van der Waals surface area contributed by atoms with Crippen LogP contribution < -0.4 is 10.5 Å². The lowest BCUT2D eigenvalue weighted by atomic mass is 10.1. The maximum absolute atomic E-state index is 6.15. The Morgan fingerprint density at radius 3 is 3.00 bits per heavy atom. The van der Waals surface area contributed by atoms with Gasteiger partial charge in [-0.1, -0.05) is 0 Å². The summed E-state index contributed by atoms with van der Waals surface area (Å²) in [4.78, 5) is 1.17. The topological polar surface area (TPSA) is 53.1 Å². The van der Waals surface area contributed by atoms with E-state index in [1.165, 1.54) is 10.4 Å². The number of aryl methyl sites for hydroxylation is 2. The van der Waals surface area contributed by atoms with E-state index in [9.17, 15) is 0 Å². The van der Waals surface area contributed by atoms with Gasteiger partial charge in [0.2, 0.25) is 0 Å². The summed E-state index contributed by atoms with van der Waals surface area (Å²) in [5, 5.41) is 6.13. The van der Waals surface area contributed by atoms with Crippen LogP contribution in [0.4, 0.5) is 0 Å². The monoisotopic (exact) mass is 251 g/mol. The fourth-order valence-electron chi connectivity index (χ4n) is 1.70. The van der Waals surface area contributed by atoms with Crippen molar-refractivity contribution in [3.63, 3.8) is 0 Å². The zero-order chi connectivity index (χ0) is 12.3. The molecule has 17 heavy (non-hydrogen) atoms. The highest BCUT2D eigenvalue weighted by Gasteiger charge is 2.10. The fraction of sp³-hybridized carbons (Fsp3) is 0.417. The first-order valence-corrected chi connectivity index (χ1v) is 6.42. The van der Waals surface area contributed by atoms with Crippen LogP contribution in [0, 0.1) is 0 Å². The minimum atomic E-state index is 0.0732. The van der Waals surface area contributed by atoms with Crippen molar-refractivity contribution in [3.05, 3.63) is 34.3 Å². The molecule has 1 atom stereocenters. The molecule has 2 aromatic rings. The third kappa shape index (κ3) is 3.08. The molecule has 92 valence electrons. The number of ether oxygens (including phenoxy) is 1. The van der Waals surface area contributed by atoms with E-state index in [2.05, 4.69) is 5.10 Å². The van der Waals surface area contributed by atoms with E-state index < -0.39 is 0 Å². The number of hydrogen-bond acceptors (Lipinski definition) is 4. The molecule has 0 bridgehead atoms. The van der Waals surface area contributed by atoms with Crippen LogP contribution in [-0.4, -0.2) is 16.9 Å². The van der Waals surface area contributed by atoms with Crippen molar-refractivity contribution in [2.45, 2.75) is 18.9 Å². The van der Waals surface area contributed by atoms with Gasteiger partial charge in [0.05, 0.1) is 13.3 Å². The van der Waals surface area contributed by atoms with Crippen LogP contribution >= 0.6 is 11.3 Å². The van der Waals surface area contributed by atoms with E-state index in [0.717, 1.165) is 18.6 Å². The number of hydrogen-bond donors (Lipinski definition) is 1. The van der Waals surface area contributed by atoms with Crippen LogP contribution in [0.15, 0.2) is 23.8 Å². The van der Waals surface area contributed by atoms with Crippen molar-refractivity contribution in [2.75, 3.05) is 7.11 Å². The lowest BCUT2D eigenvalue weighted by Crippen LogP contribution is -2.09. The Hall–Kier alpha value is -1.33. The van der Waals surface area contributed by atoms with Gasteiger partial charge in [0.15, 0.2) is 0 Å². The zero-order valence-corrected chi connectivity index (χ0v) is 10.9. The lowest BCUT2D eigenvalue weighted by molar-refractivity contribution is 0.416. The van der Waals surface area contributed by atoms with Crippen molar-refractivity contribution < 1.29 is 4.74 Å². The molecular formula is C12H17N3OS. The van der Waals surface area contributed by atoms with Gasteiger partial charge >= 0.3 is 0 Å². The number of rotatable bonds is 5. The third-order valence-electron chi connectivity index (χ3n) is 2.70. The highest BCUT2D eigenvalue weighted by molar-refractivity contribution is 7.10. The first-order chi connectivity index (χ1) is 8.19. The predicted octanol–water partition coefficient (Wildman–Crippen LogP) is 2.12. The molecule has 0 aliphatic carbocycles. The van der Waals surface area contributed by atoms with Crippen LogP contribution in [0.25, 0.3) is 0 Å². The van der Waals surface area contributed by atoms with Gasteiger partial charge in [-0.3, -0.25) is 4.68 Å². The van der Waals surface area contributed by atoms with E-state index in [-0.39, 0.29) is 6.04 Å². The minimum Gasteiger partial charge on any atom is -0.496 e. The van der Waals surface area contributed by atoms with Gasteiger partial charge in [-0.25, -0.2) is 0 Å². The number of nitrogens with zero attached hydrogens (tertiary/aromatic N) is 2. The molecule has 0 spiro atoms. The van der Waals surface area contributed by atoms with Gasteiger partial charge in [0, 0.05) is 29.5 Å². The lowest BCUT2D eigenvalue weighted by Gasteiger charge is -2.07. The molecule has 2 rings (SSSR count). The molecule has 0 aromatic carbocycles. The third-order valence-corrected chi connectivity index (χ3v) is 3.74. The molecule has 2 heterocycles. The molecule has 1 unspecified atom stereocenters. The standard InChI is InChI=1S/C12H17N3OS/c1-15-7-9(6-14-15)3-4-11(13)12-5-10(16-2)8-17-12/h5-8,11H,3-4,13H2,1-2H3. The molecule has 2 aromatic heterocycles. The fourth-order valence-corrected chi connectivity index (χ4v) is 2.59. The van der Waals surface area contributed by atoms with E-state index in [4.69, 9.17) is 10.5 Å². The predicted molar refractivity (Wildman–Crippen MR) is 69.3 cm³/mol. The van der Waals surface area contributed by atoms with E-state index in [1.807, 2.05) is 35.6 Å². The summed E-state index contributed by atoms with van der Waals surface area (Å²) in [6.45, 7) is 0. The molecular weight excluding hydrogens is 234 g/mol. The Morgan fingerprint density at radius 2 is 2.41 bits per heavy atom. The number of aromatic nitrogens is 2. The zero-order valence-electron chi connectivity index (χ0n) is 10.1. The van der Waals surface area contributed by atoms with Crippen LogP contribution in [0.3, 0.4) is 0 Å². The van der Waals surface area contributed by atoms with Crippen molar-refractivity contribution >= 4 is 11.3 Å². The van der Waals surface area contributed by atoms with Gasteiger partial charge in [0.25, 0.3) is 0 Å². The average molecular weight is 251 g/mol. The van der Waals surface area contributed by atoms with Crippen LogP contribution in [-0.2, 0) is 13.5 Å². The van der Waals surface area contributed by atoms with Crippen LogP contribution in [0.2, 0.25) is 0 Å². The second-order valence-corrected chi connectivity index (χ2v) is 5.00. The van der Waals surface area contributed by atoms with Gasteiger partial charge in [0.1, 0.15) is 5.75 Å². The quantitative estimate of drug-likeness (QED) is 0.885. The Balaban J connectivity index is 1.90. The van der Waals surface area contributed by atoms with Crippen molar-refractivity contribution in [3.8, 4) is 5.75 Å². The summed E-state index contributed by atoms with van der Waals surface area (Å²) in [6.07, 6.45) is 5.80. The van der Waals surface area contributed by atoms with Crippen molar-refractivity contribution in [1.29, 1.82) is 0 Å². The van der Waals surface area contributed by atoms with Gasteiger partial charge in [-0.15, -0.1) is 11.3 Å². The highest BCUT2D eigenvalue weighted by atomic mass is 32.1. The maximum atomic E-state index is 6.15. The molecule has 4 nitrogen and oxygen atoms in total. The summed E-state index contributed by atoms with van der Waals surface area (Å²) in [5.41, 5.74) is 7.37. The molecule has 0 saturated heterocycles. The Kier molecular flexibility index (Phi) is 3.81. The summed E-state index contributed by atoms with van der Waals surface area (Å²) in [6, 6.07) is 2.09. The number of thiophene rings is 1. The maximum Gasteiger partial charge on any atom is 0.129 e. The molecule has 0 radical (unpaired) electrons. The largest absolute Gasteiger partial charge is 0.496 e. The SMILES string of the molecule is COc1csc(C(N)CCc2cnn(C)c2)c1. The summed E-state index contributed by atoms with van der Waals surface area (Å²) in [7, 11) is 3.60. The van der Waals surface area contributed by atoms with Gasteiger partial charge < -0.3 is 10.5 Å². The van der Waals surface area contributed by atoms with Gasteiger partial charge in [-0.05, 0) is 24.5 Å². The minimum absolute atomic E-state index is 0.0732. The van der Waals surface area contributed by atoms with Crippen molar-refractivity contribution in [1.82, 2.24) is 9.78 Å². The molecule has 0 aliphatic rings. The van der Waals surface area contributed by atoms with Crippen LogP contribution in [0.5, 0.6) is 5.75 Å². The normalized spacial score (nSPS) is 12.6. The molecule has 0 amide bonds. The summed E-state index contributed by atoms with van der Waals surface area (Å²) < 4.78 is 6.97. The average Bonchev–Trinajstić information content (AvgIpc) is 2.94. The Labute approximate surface area is 105 Å². The summed E-state index contributed by atoms with van der Waals surface area (Å²) >= 11 is 1.65. The molecule has 0 fully saturated rings. The van der Waals surface area contributed by atoms with E-state index in [0.29, 0.717) is 0 Å². The second-order valence-electron chi connectivity index (χ2n) is 4.06. The highest BCUT2D eigenvalue weighted by Crippen LogP contribution is 2.27. The van der Waals surface area contributed by atoms with E-state index >= 15 is 0 Å². The smallest absolute Gasteiger partial charge is 0.129 e. The molecule has 5 heteroatoms. The molecule has 0 aliphatic heterocycles. The summed E-state index contributed by atoms with van der Waals surface area (Å²) in [5.74, 6) is 0.891. The Morgan fingerprint density at radius 1 is 1.59 bits per heavy atom. The molecule has 2 N–H and O–H groups in total. The van der Waals surface area contributed by atoms with Crippen molar-refractivity contribution in [2.24, 2.45) is 12.8 Å². The van der Waals surface area contributed by atoms with Crippen LogP contribution in [0.1, 0.15) is 22.9 Å². The number of methoxy groups -OCH3 is 1. The first-order valence-electron chi connectivity index (χ1n) is 5.54. The first kappa shape index (κ1) is 12.1.